The fourth-order valence-electron chi connectivity index (χ4n) is 1.29. The van der Waals surface area contributed by atoms with Crippen LogP contribution in [0, 0.1) is 5.92 Å². The Balaban J connectivity index is 2.29. The highest BCUT2D eigenvalue weighted by atomic mass is 16.5. The van der Waals surface area contributed by atoms with Gasteiger partial charge in [-0.1, -0.05) is 0 Å². The predicted octanol–water partition coefficient (Wildman–Crippen LogP) is 1.64. The van der Waals surface area contributed by atoms with Gasteiger partial charge in [-0.3, -0.25) is 4.79 Å². The van der Waals surface area contributed by atoms with E-state index >= 15 is 0 Å². The maximum absolute atomic E-state index is 10.9. The molecule has 0 saturated carbocycles. The fourth-order valence-corrected chi connectivity index (χ4v) is 1.29. The van der Waals surface area contributed by atoms with Crippen molar-refractivity contribution in [2.24, 2.45) is 11.0 Å². The van der Waals surface area contributed by atoms with Crippen molar-refractivity contribution in [3.63, 3.8) is 0 Å². The molecule has 0 atom stereocenters. The van der Waals surface area contributed by atoms with E-state index in [0.717, 1.165) is 12.8 Å². The van der Waals surface area contributed by atoms with Crippen molar-refractivity contribution in [1.29, 1.82) is 0 Å². The highest BCUT2D eigenvalue weighted by Gasteiger charge is 2.16. The molecule has 1 rings (SSSR count). The van der Waals surface area contributed by atoms with Crippen molar-refractivity contribution in [3.8, 4) is 0 Å². The van der Waals surface area contributed by atoms with Crippen molar-refractivity contribution in [2.45, 2.75) is 19.3 Å². The van der Waals surface area contributed by atoms with E-state index in [-0.39, 0.29) is 5.91 Å². The summed E-state index contributed by atoms with van der Waals surface area (Å²) < 4.78 is 5.13. The first-order valence-electron chi connectivity index (χ1n) is 3.98. The zero-order valence-electron chi connectivity index (χ0n) is 6.77. The molecule has 0 radical (unpaired) electrons. The van der Waals surface area contributed by atoms with Crippen molar-refractivity contribution < 1.29 is 9.53 Å². The molecule has 1 heterocycles. The molecule has 0 aromatic carbocycles. The second kappa shape index (κ2) is 4.74. The zero-order valence-corrected chi connectivity index (χ0v) is 6.77. The fraction of sp³-hybridized carbons (Fsp3) is 0.857. The minimum atomic E-state index is -0.357. The second-order valence-electron chi connectivity index (χ2n) is 2.84. The standard InChI is InChI=1S/C7H11N3O2/c8-10-9-7(11)5-6-1-3-12-4-2-6/h6H,1-5H2. The summed E-state index contributed by atoms with van der Waals surface area (Å²) in [7, 11) is 0. The Morgan fingerprint density at radius 2 is 2.25 bits per heavy atom. The first-order valence-corrected chi connectivity index (χ1v) is 3.98. The molecule has 5 heteroatoms. The number of hydrogen-bond donors (Lipinski definition) is 0. The van der Waals surface area contributed by atoms with Crippen molar-refractivity contribution in [1.82, 2.24) is 0 Å². The van der Waals surface area contributed by atoms with Crippen LogP contribution in [-0.2, 0) is 9.53 Å². The third kappa shape index (κ3) is 2.90. The van der Waals surface area contributed by atoms with Crippen LogP contribution in [0.4, 0.5) is 0 Å². The van der Waals surface area contributed by atoms with Gasteiger partial charge in [0.2, 0.25) is 5.91 Å². The molecule has 0 N–H and O–H groups in total. The second-order valence-corrected chi connectivity index (χ2v) is 2.84. The van der Waals surface area contributed by atoms with E-state index in [2.05, 4.69) is 10.0 Å². The van der Waals surface area contributed by atoms with E-state index in [1.54, 1.807) is 0 Å². The van der Waals surface area contributed by atoms with Gasteiger partial charge in [0.05, 0.1) is 0 Å². The minimum absolute atomic E-state index is 0.344. The highest BCUT2D eigenvalue weighted by Crippen LogP contribution is 2.18. The molecule has 66 valence electrons. The highest BCUT2D eigenvalue weighted by molar-refractivity contribution is 5.76. The lowest BCUT2D eigenvalue weighted by Crippen LogP contribution is -2.17. The van der Waals surface area contributed by atoms with Crippen LogP contribution < -0.4 is 0 Å². The van der Waals surface area contributed by atoms with E-state index in [4.69, 9.17) is 10.3 Å². The molecule has 0 bridgehead atoms. The lowest BCUT2D eigenvalue weighted by atomic mass is 9.96. The van der Waals surface area contributed by atoms with Crippen molar-refractivity contribution >= 4 is 5.91 Å². The average molecular weight is 169 g/mol. The van der Waals surface area contributed by atoms with E-state index in [1.807, 2.05) is 0 Å². The van der Waals surface area contributed by atoms with Crippen LogP contribution in [0.15, 0.2) is 5.11 Å². The molecule has 1 fully saturated rings. The Morgan fingerprint density at radius 1 is 1.58 bits per heavy atom. The summed E-state index contributed by atoms with van der Waals surface area (Å²) in [6, 6.07) is 0. The lowest BCUT2D eigenvalue weighted by Gasteiger charge is -2.20. The van der Waals surface area contributed by atoms with E-state index in [0.29, 0.717) is 25.6 Å². The third-order valence-corrected chi connectivity index (χ3v) is 1.96. The van der Waals surface area contributed by atoms with Gasteiger partial charge in [-0.25, -0.2) is 0 Å². The van der Waals surface area contributed by atoms with Gasteiger partial charge in [0.25, 0.3) is 0 Å². The van der Waals surface area contributed by atoms with Gasteiger partial charge < -0.3 is 4.74 Å². The normalized spacial score (nSPS) is 18.3. The van der Waals surface area contributed by atoms with Gasteiger partial charge in [0.1, 0.15) is 0 Å². The van der Waals surface area contributed by atoms with Gasteiger partial charge in [-0.15, -0.1) is 0 Å². The number of hydrogen-bond acceptors (Lipinski definition) is 2. The summed E-state index contributed by atoms with van der Waals surface area (Å²) in [6.07, 6.45) is 2.16. The summed E-state index contributed by atoms with van der Waals surface area (Å²) in [5.74, 6) is -0.0128. The SMILES string of the molecule is [N-]=[N+]=NC(=O)CC1CCOCC1. The van der Waals surface area contributed by atoms with E-state index in [9.17, 15) is 4.79 Å². The summed E-state index contributed by atoms with van der Waals surface area (Å²) in [4.78, 5) is 13.3. The monoisotopic (exact) mass is 169 g/mol. The van der Waals surface area contributed by atoms with Crippen LogP contribution in [0.1, 0.15) is 19.3 Å². The summed E-state index contributed by atoms with van der Waals surface area (Å²) >= 11 is 0. The first-order chi connectivity index (χ1) is 5.83. The van der Waals surface area contributed by atoms with E-state index in [1.165, 1.54) is 0 Å². The topological polar surface area (TPSA) is 75.1 Å². The zero-order chi connectivity index (χ0) is 8.81. The lowest BCUT2D eigenvalue weighted by molar-refractivity contribution is -0.119. The molecular weight excluding hydrogens is 158 g/mol. The molecule has 0 aliphatic carbocycles. The van der Waals surface area contributed by atoms with Crippen molar-refractivity contribution in [2.75, 3.05) is 13.2 Å². The Labute approximate surface area is 70.3 Å². The van der Waals surface area contributed by atoms with Gasteiger partial charge in [0, 0.05) is 24.5 Å². The van der Waals surface area contributed by atoms with Crippen LogP contribution in [0.2, 0.25) is 0 Å². The Bertz CT molecular complexity index is 205. The van der Waals surface area contributed by atoms with Crippen LogP contribution >= 0.6 is 0 Å². The molecule has 0 aromatic heterocycles. The maximum Gasteiger partial charge on any atom is 0.219 e. The minimum Gasteiger partial charge on any atom is -0.381 e. The largest absolute Gasteiger partial charge is 0.381 e. The number of rotatable bonds is 2. The average Bonchev–Trinajstić information content (AvgIpc) is 2.06. The third-order valence-electron chi connectivity index (χ3n) is 1.96. The number of nitrogens with zero attached hydrogens (tertiary/aromatic N) is 3. The summed E-state index contributed by atoms with van der Waals surface area (Å²) in [5, 5.41) is 3.02. The Morgan fingerprint density at radius 3 is 2.83 bits per heavy atom. The number of carbonyl (C=O) groups excluding carboxylic acids is 1. The Hall–Kier alpha value is -1.06. The molecule has 12 heavy (non-hydrogen) atoms. The Kier molecular flexibility index (Phi) is 3.57. The quantitative estimate of drug-likeness (QED) is 0.358. The first kappa shape index (κ1) is 9.03. The number of amides is 1. The molecule has 5 nitrogen and oxygen atoms in total. The molecule has 1 aliphatic rings. The van der Waals surface area contributed by atoms with Gasteiger partial charge in [-0.05, 0) is 29.4 Å². The van der Waals surface area contributed by atoms with Crippen LogP contribution in [0.25, 0.3) is 10.4 Å². The van der Waals surface area contributed by atoms with Crippen molar-refractivity contribution in [3.05, 3.63) is 10.4 Å². The molecule has 0 spiro atoms. The maximum atomic E-state index is 10.9. The van der Waals surface area contributed by atoms with Crippen LogP contribution in [0.5, 0.6) is 0 Å². The smallest absolute Gasteiger partial charge is 0.219 e. The van der Waals surface area contributed by atoms with Crippen LogP contribution in [-0.4, -0.2) is 19.1 Å². The van der Waals surface area contributed by atoms with Gasteiger partial charge in [-0.2, -0.15) is 0 Å². The summed E-state index contributed by atoms with van der Waals surface area (Å²) in [6.45, 7) is 1.43. The van der Waals surface area contributed by atoms with Gasteiger partial charge >= 0.3 is 0 Å². The van der Waals surface area contributed by atoms with Crippen LogP contribution in [0.3, 0.4) is 0 Å². The number of azide groups is 1. The molecule has 0 unspecified atom stereocenters. The molecule has 1 aliphatic heterocycles. The summed E-state index contributed by atoms with van der Waals surface area (Å²) in [5.41, 5.74) is 7.98. The molecular formula is C7H11N3O2. The number of carbonyl (C=O) groups is 1. The molecule has 1 amide bonds. The predicted molar refractivity (Wildman–Crippen MR) is 42.3 cm³/mol. The van der Waals surface area contributed by atoms with E-state index < -0.39 is 0 Å². The van der Waals surface area contributed by atoms with Gasteiger partial charge in [0.15, 0.2) is 0 Å². The molecule has 0 aromatic rings. The molecule has 1 saturated heterocycles. The number of ether oxygens (including phenoxy) is 1.